The Morgan fingerprint density at radius 1 is 1.07 bits per heavy atom. The zero-order chi connectivity index (χ0) is 19.6. The van der Waals surface area contributed by atoms with Gasteiger partial charge in [0, 0.05) is 16.3 Å². The molecule has 0 saturated carbocycles. The quantitative estimate of drug-likeness (QED) is 0.603. The Hall–Kier alpha value is -3.00. The number of hydrogen-bond donors (Lipinski definition) is 3. The molecule has 0 bridgehead atoms. The first kappa shape index (κ1) is 20.3. The summed E-state index contributed by atoms with van der Waals surface area (Å²) in [5.41, 5.74) is 5.55. The molecule has 0 fully saturated rings. The van der Waals surface area contributed by atoms with E-state index in [1.54, 1.807) is 6.07 Å². The summed E-state index contributed by atoms with van der Waals surface area (Å²) in [4.78, 5) is 36.5. The normalized spacial score (nSPS) is 11.3. The molecule has 0 aliphatic heterocycles. The molecule has 0 spiro atoms. The van der Waals surface area contributed by atoms with Crippen LogP contribution in [0.2, 0.25) is 0 Å². The molecule has 7 nitrogen and oxygen atoms in total. The standard InChI is InChI=1S/C19H21N3O4S/c1-13(26-17(23)11-12-21-19(20)25)18(24)22-15-9-5-6-10-16(15)27-14-7-3-2-4-8-14/h2-10,13H,11-12H2,1H3,(H,22,24)(H3,20,21,25)/t13-/m1/s1. The number of amides is 3. The van der Waals surface area contributed by atoms with Gasteiger partial charge in [-0.15, -0.1) is 0 Å². The fourth-order valence-electron chi connectivity index (χ4n) is 2.11. The van der Waals surface area contributed by atoms with Crippen molar-refractivity contribution in [3.05, 3.63) is 54.6 Å². The van der Waals surface area contributed by atoms with Gasteiger partial charge < -0.3 is 21.1 Å². The molecule has 0 saturated heterocycles. The fourth-order valence-corrected chi connectivity index (χ4v) is 3.03. The molecule has 4 N–H and O–H groups in total. The Kier molecular flexibility index (Phi) is 7.69. The van der Waals surface area contributed by atoms with E-state index >= 15 is 0 Å². The third-order valence-corrected chi connectivity index (χ3v) is 4.51. The van der Waals surface area contributed by atoms with Crippen molar-refractivity contribution in [2.75, 3.05) is 11.9 Å². The van der Waals surface area contributed by atoms with Crippen LogP contribution in [0.25, 0.3) is 0 Å². The number of benzene rings is 2. The maximum absolute atomic E-state index is 12.3. The minimum atomic E-state index is -0.971. The highest BCUT2D eigenvalue weighted by molar-refractivity contribution is 7.99. The highest BCUT2D eigenvalue weighted by Gasteiger charge is 2.19. The van der Waals surface area contributed by atoms with Gasteiger partial charge in [-0.25, -0.2) is 4.79 Å². The lowest BCUT2D eigenvalue weighted by Crippen LogP contribution is -2.33. The number of rotatable bonds is 8. The van der Waals surface area contributed by atoms with Crippen molar-refractivity contribution >= 4 is 35.4 Å². The number of carbonyl (C=O) groups excluding carboxylic acids is 3. The van der Waals surface area contributed by atoms with Gasteiger partial charge >= 0.3 is 12.0 Å². The molecule has 27 heavy (non-hydrogen) atoms. The predicted molar refractivity (Wildman–Crippen MR) is 103 cm³/mol. The molecular weight excluding hydrogens is 366 g/mol. The summed E-state index contributed by atoms with van der Waals surface area (Å²) in [6, 6.07) is 16.5. The van der Waals surface area contributed by atoms with Gasteiger partial charge in [0.1, 0.15) is 0 Å². The van der Waals surface area contributed by atoms with Crippen molar-refractivity contribution in [3.63, 3.8) is 0 Å². The summed E-state index contributed by atoms with van der Waals surface area (Å²) < 4.78 is 5.07. The number of primary amides is 1. The molecule has 0 aliphatic rings. The van der Waals surface area contributed by atoms with E-state index in [1.165, 1.54) is 18.7 Å². The lowest BCUT2D eigenvalue weighted by Gasteiger charge is -2.15. The monoisotopic (exact) mass is 387 g/mol. The van der Waals surface area contributed by atoms with Crippen molar-refractivity contribution in [1.82, 2.24) is 5.32 Å². The number of para-hydroxylation sites is 1. The van der Waals surface area contributed by atoms with Crippen molar-refractivity contribution in [2.45, 2.75) is 29.2 Å². The van der Waals surface area contributed by atoms with Crippen LogP contribution in [0.3, 0.4) is 0 Å². The minimum absolute atomic E-state index is 0.0546. The van der Waals surface area contributed by atoms with Crippen LogP contribution in [0.4, 0.5) is 10.5 Å². The van der Waals surface area contributed by atoms with Crippen LogP contribution in [0, 0.1) is 0 Å². The van der Waals surface area contributed by atoms with Crippen LogP contribution < -0.4 is 16.4 Å². The predicted octanol–water partition coefficient (Wildman–Crippen LogP) is 2.77. The SMILES string of the molecule is C[C@@H](OC(=O)CCNC(N)=O)C(=O)Nc1ccccc1Sc1ccccc1. The second-order valence-electron chi connectivity index (χ2n) is 5.57. The number of anilines is 1. The fraction of sp³-hybridized carbons (Fsp3) is 0.211. The van der Waals surface area contributed by atoms with Crippen molar-refractivity contribution in [3.8, 4) is 0 Å². The van der Waals surface area contributed by atoms with Crippen molar-refractivity contribution in [1.29, 1.82) is 0 Å². The molecule has 142 valence electrons. The summed E-state index contributed by atoms with van der Waals surface area (Å²) >= 11 is 1.52. The van der Waals surface area contributed by atoms with Crippen LogP contribution in [0.5, 0.6) is 0 Å². The van der Waals surface area contributed by atoms with Gasteiger partial charge in [-0.3, -0.25) is 9.59 Å². The van der Waals surface area contributed by atoms with E-state index in [0.29, 0.717) is 5.69 Å². The maximum atomic E-state index is 12.3. The first-order valence-electron chi connectivity index (χ1n) is 8.31. The van der Waals surface area contributed by atoms with Crippen LogP contribution in [0.15, 0.2) is 64.4 Å². The molecule has 0 radical (unpaired) electrons. The molecule has 2 aromatic rings. The van der Waals surface area contributed by atoms with Gasteiger partial charge in [0.25, 0.3) is 5.91 Å². The second kappa shape index (κ2) is 10.2. The summed E-state index contributed by atoms with van der Waals surface area (Å²) in [5.74, 6) is -1.04. The molecule has 8 heteroatoms. The number of ether oxygens (including phenoxy) is 1. The van der Waals surface area contributed by atoms with Crippen LogP contribution >= 0.6 is 11.8 Å². The first-order chi connectivity index (χ1) is 13.0. The van der Waals surface area contributed by atoms with Gasteiger partial charge in [-0.05, 0) is 31.2 Å². The van der Waals surface area contributed by atoms with E-state index in [-0.39, 0.29) is 13.0 Å². The summed E-state index contributed by atoms with van der Waals surface area (Å²) in [5, 5.41) is 5.07. The molecule has 2 rings (SSSR count). The summed E-state index contributed by atoms with van der Waals surface area (Å²) in [7, 11) is 0. The Labute approximate surface area is 161 Å². The number of carbonyl (C=O) groups is 3. The third kappa shape index (κ3) is 7.02. The topological polar surface area (TPSA) is 111 Å². The minimum Gasteiger partial charge on any atom is -0.452 e. The Bertz CT molecular complexity index is 799. The van der Waals surface area contributed by atoms with Crippen LogP contribution in [-0.2, 0) is 14.3 Å². The average Bonchev–Trinajstić information content (AvgIpc) is 2.63. The number of esters is 1. The Balaban J connectivity index is 1.93. The largest absolute Gasteiger partial charge is 0.452 e. The zero-order valence-electron chi connectivity index (χ0n) is 14.8. The van der Waals surface area contributed by atoms with E-state index in [9.17, 15) is 14.4 Å². The molecule has 0 heterocycles. The smallest absolute Gasteiger partial charge is 0.312 e. The van der Waals surface area contributed by atoms with E-state index in [1.807, 2.05) is 48.5 Å². The Morgan fingerprint density at radius 2 is 1.74 bits per heavy atom. The summed E-state index contributed by atoms with van der Waals surface area (Å²) in [6.07, 6.45) is -1.04. The molecule has 1 atom stereocenters. The number of nitrogens with two attached hydrogens (primary N) is 1. The van der Waals surface area contributed by atoms with Gasteiger partial charge in [-0.2, -0.15) is 0 Å². The molecular formula is C19H21N3O4S. The highest BCUT2D eigenvalue weighted by Crippen LogP contribution is 2.33. The molecule has 0 aliphatic carbocycles. The lowest BCUT2D eigenvalue weighted by atomic mass is 10.3. The first-order valence-corrected chi connectivity index (χ1v) is 9.13. The second-order valence-corrected chi connectivity index (χ2v) is 6.69. The van der Waals surface area contributed by atoms with Gasteiger partial charge in [0.2, 0.25) is 0 Å². The van der Waals surface area contributed by atoms with Crippen molar-refractivity contribution in [2.24, 2.45) is 5.73 Å². The van der Waals surface area contributed by atoms with Crippen molar-refractivity contribution < 1.29 is 19.1 Å². The Morgan fingerprint density at radius 3 is 2.44 bits per heavy atom. The van der Waals surface area contributed by atoms with Crippen LogP contribution in [0.1, 0.15) is 13.3 Å². The van der Waals surface area contributed by atoms with Crippen LogP contribution in [-0.4, -0.2) is 30.6 Å². The van der Waals surface area contributed by atoms with Gasteiger partial charge in [-0.1, -0.05) is 42.1 Å². The van der Waals surface area contributed by atoms with E-state index in [4.69, 9.17) is 10.5 Å². The number of nitrogens with one attached hydrogen (secondary N) is 2. The molecule has 0 aromatic heterocycles. The lowest BCUT2D eigenvalue weighted by molar-refractivity contribution is -0.153. The molecule has 2 aromatic carbocycles. The number of urea groups is 1. The zero-order valence-corrected chi connectivity index (χ0v) is 15.6. The van der Waals surface area contributed by atoms with E-state index in [0.717, 1.165) is 9.79 Å². The van der Waals surface area contributed by atoms with E-state index in [2.05, 4.69) is 10.6 Å². The third-order valence-electron chi connectivity index (χ3n) is 3.42. The molecule has 3 amide bonds. The molecule has 0 unspecified atom stereocenters. The maximum Gasteiger partial charge on any atom is 0.312 e. The van der Waals surface area contributed by atoms with Gasteiger partial charge in [0.15, 0.2) is 6.10 Å². The average molecular weight is 387 g/mol. The summed E-state index contributed by atoms with van der Waals surface area (Å²) in [6.45, 7) is 1.54. The van der Waals surface area contributed by atoms with E-state index < -0.39 is 24.0 Å². The number of hydrogen-bond acceptors (Lipinski definition) is 5. The van der Waals surface area contributed by atoms with Gasteiger partial charge in [0.05, 0.1) is 12.1 Å². The highest BCUT2D eigenvalue weighted by atomic mass is 32.2.